The molecule has 1 aromatic heterocycles. The zero-order chi connectivity index (χ0) is 35.1. The van der Waals surface area contributed by atoms with Crippen LogP contribution < -0.4 is 27.0 Å². The average molecular weight is 693 g/mol. The number of nitrogens with one attached hydrogen (secondary N) is 5. The van der Waals surface area contributed by atoms with Gasteiger partial charge in [-0.05, 0) is 73.2 Å². The minimum absolute atomic E-state index is 0.0115. The van der Waals surface area contributed by atoms with Crippen molar-refractivity contribution in [1.29, 1.82) is 0 Å². The van der Waals surface area contributed by atoms with Crippen molar-refractivity contribution in [1.82, 2.24) is 26.3 Å². The van der Waals surface area contributed by atoms with Gasteiger partial charge in [-0.2, -0.15) is 23.5 Å². The number of aromatic nitrogens is 1. The van der Waals surface area contributed by atoms with Crippen molar-refractivity contribution in [3.63, 3.8) is 0 Å². The molecule has 12 nitrogen and oxygen atoms in total. The number of carbonyl (C=O) groups is 5. The summed E-state index contributed by atoms with van der Waals surface area (Å²) in [5.41, 5.74) is 7.71. The van der Waals surface area contributed by atoms with Crippen molar-refractivity contribution < 1.29 is 29.1 Å². The summed E-state index contributed by atoms with van der Waals surface area (Å²) in [6.45, 7) is 7.51. The Kier molecular flexibility index (Phi) is 17.2. The summed E-state index contributed by atoms with van der Waals surface area (Å²) in [7, 11) is 0. The number of para-hydroxylation sites is 1. The van der Waals surface area contributed by atoms with E-state index in [4.69, 9.17) is 5.73 Å². The van der Waals surface area contributed by atoms with Crippen LogP contribution in [0, 0.1) is 11.8 Å². The molecule has 0 saturated carbocycles. The molecular weight excluding hydrogens is 641 g/mol. The third kappa shape index (κ3) is 13.4. The number of H-pyrrole nitrogens is 1. The third-order valence-corrected chi connectivity index (χ3v) is 8.89. The van der Waals surface area contributed by atoms with E-state index in [0.717, 1.165) is 16.5 Å². The van der Waals surface area contributed by atoms with Gasteiger partial charge >= 0.3 is 5.97 Å². The van der Waals surface area contributed by atoms with Crippen LogP contribution >= 0.6 is 23.5 Å². The first-order valence-electron chi connectivity index (χ1n) is 16.0. The lowest BCUT2D eigenvalue weighted by Gasteiger charge is -2.27. The molecule has 2 aromatic rings. The second-order valence-electron chi connectivity index (χ2n) is 12.6. The highest BCUT2D eigenvalue weighted by atomic mass is 32.2. The van der Waals surface area contributed by atoms with E-state index in [1.165, 1.54) is 11.8 Å². The maximum absolute atomic E-state index is 14.0. The van der Waals surface area contributed by atoms with Gasteiger partial charge in [0.2, 0.25) is 23.6 Å². The summed E-state index contributed by atoms with van der Waals surface area (Å²) in [5, 5.41) is 21.6. The van der Waals surface area contributed by atoms with Gasteiger partial charge in [0, 0.05) is 23.5 Å². The molecule has 8 N–H and O–H groups in total. The summed E-state index contributed by atoms with van der Waals surface area (Å²) in [5.74, 6) is -2.08. The monoisotopic (exact) mass is 692 g/mol. The van der Waals surface area contributed by atoms with Crippen LogP contribution in [0.25, 0.3) is 10.9 Å². The first-order valence-corrected chi connectivity index (χ1v) is 18.8. The van der Waals surface area contributed by atoms with Crippen LogP contribution in [-0.2, 0) is 30.4 Å². The second kappa shape index (κ2) is 20.2. The van der Waals surface area contributed by atoms with Crippen molar-refractivity contribution in [3.8, 4) is 0 Å². The number of aromatic amines is 1. The molecule has 2 rings (SSSR count). The van der Waals surface area contributed by atoms with Gasteiger partial charge in [-0.15, -0.1) is 0 Å². The van der Waals surface area contributed by atoms with Crippen molar-refractivity contribution in [3.05, 3.63) is 36.0 Å². The molecule has 0 fully saturated rings. The van der Waals surface area contributed by atoms with Gasteiger partial charge in [0.1, 0.15) is 24.2 Å². The van der Waals surface area contributed by atoms with Gasteiger partial charge in [-0.1, -0.05) is 45.9 Å². The summed E-state index contributed by atoms with van der Waals surface area (Å²) in [6, 6.07) is 2.59. The summed E-state index contributed by atoms with van der Waals surface area (Å²) in [6.07, 6.45) is 6.94. The number of hydrogen-bond acceptors (Lipinski definition) is 8. The fraction of sp³-hybridized carbons (Fsp3) is 0.606. The largest absolute Gasteiger partial charge is 0.480 e. The molecule has 262 valence electrons. The topological polar surface area (TPSA) is 196 Å². The Balaban J connectivity index is 2.38. The molecule has 14 heteroatoms. The Morgan fingerprint density at radius 1 is 0.745 bits per heavy atom. The van der Waals surface area contributed by atoms with E-state index in [9.17, 15) is 29.1 Å². The van der Waals surface area contributed by atoms with Crippen LogP contribution in [0.1, 0.15) is 58.9 Å². The van der Waals surface area contributed by atoms with Crippen LogP contribution in [0.15, 0.2) is 30.5 Å². The Labute approximate surface area is 286 Å². The Morgan fingerprint density at radius 2 is 1.26 bits per heavy atom. The van der Waals surface area contributed by atoms with Crippen LogP contribution in [0.2, 0.25) is 0 Å². The zero-order valence-electron chi connectivity index (χ0n) is 28.3. The molecule has 5 unspecified atom stereocenters. The number of benzene rings is 1. The fourth-order valence-electron chi connectivity index (χ4n) is 5.10. The Bertz CT molecular complexity index is 1340. The highest BCUT2D eigenvalue weighted by Crippen LogP contribution is 2.20. The van der Waals surface area contributed by atoms with Crippen molar-refractivity contribution in [2.45, 2.75) is 90.0 Å². The lowest BCUT2D eigenvalue weighted by atomic mass is 9.99. The number of carboxylic acids is 1. The molecule has 0 saturated heterocycles. The molecule has 0 bridgehead atoms. The SMILES string of the molecule is CSCCC(N)C(=O)NC(CCSC)C(=O)NC(Cc1c[nH]c2ccccc12)C(=O)NC(CC(C)C)C(=O)NC(CC(C)C)C(=O)O. The molecule has 0 aliphatic heterocycles. The number of fused-ring (bicyclic) bond motifs is 1. The first kappa shape index (κ1) is 39.9. The molecule has 1 aromatic carbocycles. The van der Waals surface area contributed by atoms with Crippen LogP contribution in [0.5, 0.6) is 0 Å². The number of amides is 4. The highest BCUT2D eigenvalue weighted by molar-refractivity contribution is 7.98. The van der Waals surface area contributed by atoms with Crippen molar-refractivity contribution in [2.75, 3.05) is 24.0 Å². The van der Waals surface area contributed by atoms with Gasteiger partial charge in [-0.25, -0.2) is 4.79 Å². The number of rotatable bonds is 21. The lowest BCUT2D eigenvalue weighted by Crippen LogP contribution is -2.59. The number of aliphatic carboxylic acids is 1. The standard InChI is InChI=1S/C33H52N6O6S2/c1-19(2)15-26(31(42)39-28(33(44)45)16-20(3)4)37-32(43)27(17-21-18-35-24-10-8-7-9-22(21)24)38-30(41)25(12-14-47-6)36-29(40)23(34)11-13-46-5/h7-10,18-20,23,25-28,35H,11-17,34H2,1-6H3,(H,36,40)(H,37,43)(H,38,41)(H,39,42)(H,44,45). The molecule has 0 spiro atoms. The van der Waals surface area contributed by atoms with E-state index in [-0.39, 0.29) is 31.1 Å². The van der Waals surface area contributed by atoms with Crippen LogP contribution in [-0.4, -0.2) is 93.9 Å². The maximum atomic E-state index is 14.0. The van der Waals surface area contributed by atoms with Gasteiger partial charge in [0.05, 0.1) is 6.04 Å². The van der Waals surface area contributed by atoms with E-state index < -0.39 is 59.8 Å². The summed E-state index contributed by atoms with van der Waals surface area (Å²) < 4.78 is 0. The lowest BCUT2D eigenvalue weighted by molar-refractivity contribution is -0.143. The molecule has 5 atom stereocenters. The predicted molar refractivity (Wildman–Crippen MR) is 190 cm³/mol. The van der Waals surface area contributed by atoms with Gasteiger partial charge in [0.15, 0.2) is 0 Å². The molecule has 0 aliphatic rings. The first-order chi connectivity index (χ1) is 22.3. The van der Waals surface area contributed by atoms with Crippen molar-refractivity contribution >= 4 is 64.0 Å². The number of hydrogen-bond donors (Lipinski definition) is 7. The maximum Gasteiger partial charge on any atom is 0.326 e. The quantitative estimate of drug-likeness (QED) is 0.103. The van der Waals surface area contributed by atoms with E-state index in [0.29, 0.717) is 24.3 Å². The Hall–Kier alpha value is -3.23. The molecular formula is C33H52N6O6S2. The number of thioether (sulfide) groups is 2. The van der Waals surface area contributed by atoms with E-state index in [2.05, 4.69) is 26.3 Å². The average Bonchev–Trinajstić information content (AvgIpc) is 3.42. The fourth-order valence-corrected chi connectivity index (χ4v) is 6.06. The molecule has 1 heterocycles. The zero-order valence-corrected chi connectivity index (χ0v) is 29.9. The van der Waals surface area contributed by atoms with Crippen LogP contribution in [0.4, 0.5) is 0 Å². The summed E-state index contributed by atoms with van der Waals surface area (Å²) in [4.78, 5) is 69.0. The predicted octanol–water partition coefficient (Wildman–Crippen LogP) is 2.66. The normalized spacial score (nSPS) is 14.7. The van der Waals surface area contributed by atoms with E-state index >= 15 is 0 Å². The minimum atomic E-state index is -1.15. The van der Waals surface area contributed by atoms with Gasteiger partial charge in [-0.3, -0.25) is 19.2 Å². The third-order valence-electron chi connectivity index (χ3n) is 7.61. The molecule has 0 radical (unpaired) electrons. The molecule has 4 amide bonds. The molecule has 47 heavy (non-hydrogen) atoms. The molecule has 0 aliphatic carbocycles. The second-order valence-corrected chi connectivity index (χ2v) is 14.5. The number of carbonyl (C=O) groups excluding carboxylic acids is 4. The smallest absolute Gasteiger partial charge is 0.326 e. The number of carboxylic acid groups (broad SMARTS) is 1. The number of nitrogens with two attached hydrogens (primary N) is 1. The van der Waals surface area contributed by atoms with E-state index in [1.54, 1.807) is 18.0 Å². The van der Waals surface area contributed by atoms with Gasteiger partial charge in [0.25, 0.3) is 0 Å². The Morgan fingerprint density at radius 3 is 1.87 bits per heavy atom. The van der Waals surface area contributed by atoms with Crippen molar-refractivity contribution in [2.24, 2.45) is 17.6 Å². The van der Waals surface area contributed by atoms with Crippen LogP contribution in [0.3, 0.4) is 0 Å². The highest BCUT2D eigenvalue weighted by Gasteiger charge is 2.32. The van der Waals surface area contributed by atoms with Gasteiger partial charge < -0.3 is 37.1 Å². The minimum Gasteiger partial charge on any atom is -0.480 e. The van der Waals surface area contributed by atoms with E-state index in [1.807, 2.05) is 64.5 Å². The summed E-state index contributed by atoms with van der Waals surface area (Å²) >= 11 is 3.09.